The number of azo groups is 1. The third-order valence-corrected chi connectivity index (χ3v) is 4.49. The average molecular weight is 418 g/mol. The summed E-state index contributed by atoms with van der Waals surface area (Å²) in [6.45, 7) is 1.83. The number of carboxylic acids is 1. The van der Waals surface area contributed by atoms with Gasteiger partial charge in [0.2, 0.25) is 11.4 Å². The number of rotatable bonds is 5. The van der Waals surface area contributed by atoms with Gasteiger partial charge in [-0.2, -0.15) is 0 Å². The van der Waals surface area contributed by atoms with Gasteiger partial charge in [0.05, 0.1) is 0 Å². The maximum absolute atomic E-state index is 11.2. The summed E-state index contributed by atoms with van der Waals surface area (Å²) in [4.78, 5) is 15.2. The maximum Gasteiger partial charge on any atom is 0.335 e. The number of thiazole rings is 1. The second-order valence-electron chi connectivity index (χ2n) is 5.84. The van der Waals surface area contributed by atoms with Gasteiger partial charge in [-0.25, -0.2) is 9.78 Å². The maximum atomic E-state index is 11.2. The minimum atomic E-state index is -1.79. The minimum Gasteiger partial charge on any atom is -0.479 e. The first-order valence-corrected chi connectivity index (χ1v) is 8.76. The first-order valence-electron chi connectivity index (χ1n) is 7.88. The van der Waals surface area contributed by atoms with Crippen LogP contribution >= 0.6 is 11.3 Å². The second-order valence-corrected chi connectivity index (χ2v) is 6.71. The van der Waals surface area contributed by atoms with Crippen molar-refractivity contribution in [2.75, 3.05) is 0 Å². The first kappa shape index (κ1) is 22.8. The molecule has 5 atom stereocenters. The number of carbonyl (C=O) groups is 1. The zero-order chi connectivity index (χ0) is 19.6. The molecule has 3 rings (SSSR count). The van der Waals surface area contributed by atoms with Crippen molar-refractivity contribution in [2.24, 2.45) is 10.2 Å². The number of hydrogen-bond acceptors (Lipinski definition) is 10. The average Bonchev–Trinajstić information content (AvgIpc) is 3.15. The Kier molecular flexibility index (Phi) is 8.04. The number of aryl methyl sites for hydroxylation is 1. The Hall–Kier alpha value is -1.44. The number of aromatic nitrogens is 1. The van der Waals surface area contributed by atoms with Crippen LogP contribution in [0.15, 0.2) is 40.0 Å². The summed E-state index contributed by atoms with van der Waals surface area (Å²) in [6.07, 6.45) is -6.91. The Morgan fingerprint density at radius 3 is 2.61 bits per heavy atom. The van der Waals surface area contributed by atoms with Crippen molar-refractivity contribution in [1.29, 1.82) is 0 Å². The molecule has 2 heterocycles. The number of aliphatic hydroxyl groups is 3. The third kappa shape index (κ3) is 5.13. The number of carboxylic acid groups (broad SMARTS) is 1. The summed E-state index contributed by atoms with van der Waals surface area (Å²) in [6, 6.07) is 4.93. The SMILES string of the molecule is Cc1ccc(O[C@@H]2O[C@H](C(=O)O)[C@@H](O)[C@H](O)[C@H]2O)c(N=Nc2nccs2)c1.[Na]. The van der Waals surface area contributed by atoms with Crippen LogP contribution in [0.25, 0.3) is 0 Å². The fraction of sp³-hybridized carbons (Fsp3) is 0.375. The standard InChI is InChI=1S/C16H17N3O7S.Na/c1-7-2-3-9(8(6-7)18-19-16-17-4-5-27-16)25-15-12(22)10(20)11(21)13(26-15)14(23)24;/h2-6,10-13,15,20-22H,1H3,(H,23,24);/t10-,11-,12+,13-,15+;/m0./s1. The van der Waals surface area contributed by atoms with Crippen molar-refractivity contribution >= 4 is 57.7 Å². The second kappa shape index (κ2) is 9.85. The fourth-order valence-corrected chi connectivity index (χ4v) is 2.89. The van der Waals surface area contributed by atoms with E-state index in [4.69, 9.17) is 14.6 Å². The fourth-order valence-electron chi connectivity index (χ4n) is 2.44. The predicted molar refractivity (Wildman–Crippen MR) is 98.2 cm³/mol. The molecular formula is C16H17N3NaO7S. The Morgan fingerprint density at radius 1 is 1.21 bits per heavy atom. The molecule has 28 heavy (non-hydrogen) atoms. The summed E-state index contributed by atoms with van der Waals surface area (Å²) in [5.74, 6) is -1.34. The van der Waals surface area contributed by atoms with Gasteiger partial charge in [0.25, 0.3) is 0 Å². The van der Waals surface area contributed by atoms with Gasteiger partial charge < -0.3 is 29.9 Å². The molecule has 1 fully saturated rings. The molecule has 0 saturated carbocycles. The van der Waals surface area contributed by atoms with Crippen molar-refractivity contribution in [3.05, 3.63) is 35.3 Å². The number of hydrogen-bond donors (Lipinski definition) is 4. The van der Waals surface area contributed by atoms with Gasteiger partial charge >= 0.3 is 5.97 Å². The van der Waals surface area contributed by atoms with E-state index in [1.165, 1.54) is 11.3 Å². The van der Waals surface area contributed by atoms with Gasteiger partial charge in [0.15, 0.2) is 11.9 Å². The van der Waals surface area contributed by atoms with Crippen LogP contribution in [0.3, 0.4) is 0 Å². The van der Waals surface area contributed by atoms with Crippen LogP contribution in [0.2, 0.25) is 0 Å². The van der Waals surface area contributed by atoms with Crippen molar-refractivity contribution in [3.63, 3.8) is 0 Å². The van der Waals surface area contributed by atoms with Crippen LogP contribution in [0.4, 0.5) is 10.8 Å². The first-order chi connectivity index (χ1) is 12.9. The van der Waals surface area contributed by atoms with E-state index in [0.29, 0.717) is 10.8 Å². The van der Waals surface area contributed by atoms with Gasteiger partial charge in [0, 0.05) is 41.1 Å². The molecule has 145 valence electrons. The minimum absolute atomic E-state index is 0. The molecule has 4 N–H and O–H groups in total. The molecule has 0 bridgehead atoms. The number of aliphatic carboxylic acids is 1. The van der Waals surface area contributed by atoms with Crippen LogP contribution in [-0.2, 0) is 9.53 Å². The summed E-state index contributed by atoms with van der Waals surface area (Å²) in [5, 5.41) is 49.0. The van der Waals surface area contributed by atoms with Gasteiger partial charge in [-0.1, -0.05) is 6.07 Å². The van der Waals surface area contributed by atoms with Gasteiger partial charge in [-0.05, 0) is 24.6 Å². The van der Waals surface area contributed by atoms with E-state index in [-0.39, 0.29) is 35.3 Å². The summed E-state index contributed by atoms with van der Waals surface area (Å²) in [5.41, 5.74) is 1.16. The molecular weight excluding hydrogens is 401 g/mol. The smallest absolute Gasteiger partial charge is 0.335 e. The Bertz CT molecular complexity index is 836. The quantitative estimate of drug-likeness (QED) is 0.410. The van der Waals surface area contributed by atoms with E-state index in [2.05, 4.69) is 15.2 Å². The molecule has 10 nitrogen and oxygen atoms in total. The molecule has 1 radical (unpaired) electrons. The molecule has 0 unspecified atom stereocenters. The number of benzene rings is 1. The molecule has 1 aliphatic rings. The van der Waals surface area contributed by atoms with Gasteiger partial charge in [-0.15, -0.1) is 21.6 Å². The molecule has 1 aromatic carbocycles. The molecule has 0 spiro atoms. The number of nitrogens with zero attached hydrogens (tertiary/aromatic N) is 3. The van der Waals surface area contributed by atoms with Crippen LogP contribution in [0.5, 0.6) is 5.75 Å². The summed E-state index contributed by atoms with van der Waals surface area (Å²) in [7, 11) is 0. The predicted octanol–water partition coefficient (Wildman–Crippen LogP) is 0.757. The Labute approximate surface area is 185 Å². The molecule has 1 saturated heterocycles. The van der Waals surface area contributed by atoms with Crippen molar-refractivity contribution < 1.29 is 34.7 Å². The molecule has 2 aromatic rings. The van der Waals surface area contributed by atoms with Crippen molar-refractivity contribution in [2.45, 2.75) is 37.6 Å². The zero-order valence-electron chi connectivity index (χ0n) is 15.0. The molecule has 12 heteroatoms. The third-order valence-electron chi connectivity index (χ3n) is 3.83. The van der Waals surface area contributed by atoms with E-state index < -0.39 is 36.7 Å². The molecule has 0 aliphatic carbocycles. The van der Waals surface area contributed by atoms with E-state index >= 15 is 0 Å². The Balaban J connectivity index is 0.00000280. The van der Waals surface area contributed by atoms with Crippen LogP contribution in [0.1, 0.15) is 5.56 Å². The summed E-state index contributed by atoms with van der Waals surface area (Å²) < 4.78 is 10.7. The summed E-state index contributed by atoms with van der Waals surface area (Å²) >= 11 is 1.29. The van der Waals surface area contributed by atoms with E-state index in [0.717, 1.165) is 5.56 Å². The molecule has 1 aromatic heterocycles. The zero-order valence-corrected chi connectivity index (χ0v) is 17.9. The van der Waals surface area contributed by atoms with Gasteiger partial charge in [0.1, 0.15) is 24.0 Å². The van der Waals surface area contributed by atoms with Crippen molar-refractivity contribution in [3.8, 4) is 5.75 Å². The normalized spacial score (nSPS) is 27.4. The Morgan fingerprint density at radius 2 is 1.96 bits per heavy atom. The van der Waals surface area contributed by atoms with E-state index in [1.54, 1.807) is 29.8 Å². The largest absolute Gasteiger partial charge is 0.479 e. The molecule has 0 amide bonds. The van der Waals surface area contributed by atoms with E-state index in [9.17, 15) is 20.1 Å². The van der Waals surface area contributed by atoms with Crippen LogP contribution in [0, 0.1) is 6.92 Å². The van der Waals surface area contributed by atoms with Crippen LogP contribution < -0.4 is 4.74 Å². The number of ether oxygens (including phenoxy) is 2. The molecule has 1 aliphatic heterocycles. The van der Waals surface area contributed by atoms with Gasteiger partial charge in [-0.3, -0.25) is 0 Å². The topological polar surface area (TPSA) is 154 Å². The van der Waals surface area contributed by atoms with E-state index in [1.807, 2.05) is 6.92 Å². The number of aliphatic hydroxyl groups excluding tert-OH is 3. The van der Waals surface area contributed by atoms with Crippen molar-refractivity contribution in [1.82, 2.24) is 4.98 Å². The monoisotopic (exact) mass is 418 g/mol. The van der Waals surface area contributed by atoms with Crippen LogP contribution in [-0.4, -0.2) is 91.6 Å².